The Labute approximate surface area is 102 Å². The molecule has 0 radical (unpaired) electrons. The van der Waals surface area contributed by atoms with Crippen molar-refractivity contribution in [3.8, 4) is 0 Å². The number of pyridine rings is 1. The molecule has 0 atom stereocenters. The van der Waals surface area contributed by atoms with Gasteiger partial charge in [0.2, 0.25) is 10.0 Å². The molecule has 0 spiro atoms. The van der Waals surface area contributed by atoms with Crippen molar-refractivity contribution in [2.24, 2.45) is 0 Å². The van der Waals surface area contributed by atoms with Gasteiger partial charge in [-0.25, -0.2) is 13.4 Å². The summed E-state index contributed by atoms with van der Waals surface area (Å²) >= 11 is 3.31. The summed E-state index contributed by atoms with van der Waals surface area (Å²) in [5.41, 5.74) is 0.824. The maximum Gasteiger partial charge on any atom is 0.232 e. The minimum atomic E-state index is -3.24. The molecule has 16 heavy (non-hydrogen) atoms. The first-order chi connectivity index (χ1) is 7.47. The molecule has 1 N–H and O–H groups in total. The summed E-state index contributed by atoms with van der Waals surface area (Å²) in [6, 6.07) is 1.85. The van der Waals surface area contributed by atoms with Gasteiger partial charge < -0.3 is 5.32 Å². The van der Waals surface area contributed by atoms with E-state index in [9.17, 15) is 8.42 Å². The lowest BCUT2D eigenvalue weighted by atomic mass is 10.2. The van der Waals surface area contributed by atoms with Gasteiger partial charge in [0.05, 0.1) is 12.8 Å². The van der Waals surface area contributed by atoms with Gasteiger partial charge in [-0.3, -0.25) is 4.31 Å². The van der Waals surface area contributed by atoms with Gasteiger partial charge in [0.1, 0.15) is 5.82 Å². The summed E-state index contributed by atoms with van der Waals surface area (Å²) in [6.07, 6.45) is 5.89. The Bertz CT molecular complexity index is 542. The van der Waals surface area contributed by atoms with Crippen LogP contribution < -0.4 is 5.32 Å². The number of rotatable bonds is 1. The molecule has 5 nitrogen and oxygen atoms in total. The average molecular weight is 304 g/mol. The van der Waals surface area contributed by atoms with E-state index in [-0.39, 0.29) is 6.54 Å². The molecule has 0 unspecified atom stereocenters. The lowest BCUT2D eigenvalue weighted by Gasteiger charge is -2.16. The smallest absolute Gasteiger partial charge is 0.232 e. The van der Waals surface area contributed by atoms with Crippen molar-refractivity contribution in [2.45, 2.75) is 6.54 Å². The number of hydrogen-bond acceptors (Lipinski definition) is 4. The fourth-order valence-corrected chi connectivity index (χ4v) is 2.41. The van der Waals surface area contributed by atoms with E-state index in [0.29, 0.717) is 5.82 Å². The molecule has 1 aromatic heterocycles. The average Bonchev–Trinajstić information content (AvgIpc) is 2.38. The third kappa shape index (κ3) is 2.35. The molecule has 0 amide bonds. The predicted molar refractivity (Wildman–Crippen MR) is 65.1 cm³/mol. The van der Waals surface area contributed by atoms with E-state index in [2.05, 4.69) is 26.2 Å². The standard InChI is InChI=1S/C9H10BrN3O2S/c1-16(14,15)13-3-2-11-9-7(6-13)4-8(10)5-12-9/h2-5H,6H2,1H3,(H,11,12). The number of sulfonamides is 1. The summed E-state index contributed by atoms with van der Waals surface area (Å²) in [6.45, 7) is 0.282. The zero-order valence-corrected chi connectivity index (χ0v) is 10.9. The van der Waals surface area contributed by atoms with Crippen LogP contribution in [0.2, 0.25) is 0 Å². The van der Waals surface area contributed by atoms with E-state index in [1.165, 1.54) is 16.8 Å². The Morgan fingerprint density at radius 3 is 3.00 bits per heavy atom. The minimum Gasteiger partial charge on any atom is -0.345 e. The van der Waals surface area contributed by atoms with Crippen LogP contribution in [0.15, 0.2) is 29.1 Å². The Kier molecular flexibility index (Phi) is 2.90. The normalized spacial score (nSPS) is 15.2. The molecular formula is C9H10BrN3O2S. The highest BCUT2D eigenvalue weighted by Gasteiger charge is 2.17. The second-order valence-electron chi connectivity index (χ2n) is 3.43. The van der Waals surface area contributed by atoms with Crippen molar-refractivity contribution >= 4 is 31.8 Å². The van der Waals surface area contributed by atoms with Crippen molar-refractivity contribution in [2.75, 3.05) is 11.6 Å². The Balaban J connectivity index is 2.42. The van der Waals surface area contributed by atoms with Crippen LogP contribution in [0.25, 0.3) is 0 Å². The van der Waals surface area contributed by atoms with Gasteiger partial charge >= 0.3 is 0 Å². The summed E-state index contributed by atoms with van der Waals surface area (Å²) in [4.78, 5) is 4.16. The quantitative estimate of drug-likeness (QED) is 0.854. The first kappa shape index (κ1) is 11.4. The predicted octanol–water partition coefficient (Wildman–Crippen LogP) is 1.50. The number of anilines is 1. The van der Waals surface area contributed by atoms with Crippen LogP contribution >= 0.6 is 15.9 Å². The van der Waals surface area contributed by atoms with Gasteiger partial charge in [0.25, 0.3) is 0 Å². The van der Waals surface area contributed by atoms with E-state index in [1.54, 1.807) is 12.4 Å². The number of nitrogens with zero attached hydrogens (tertiary/aromatic N) is 2. The zero-order chi connectivity index (χ0) is 11.8. The van der Waals surface area contributed by atoms with Crippen LogP contribution in [0, 0.1) is 0 Å². The summed E-state index contributed by atoms with van der Waals surface area (Å²) < 4.78 is 25.0. The first-order valence-electron chi connectivity index (χ1n) is 4.51. The molecule has 1 aliphatic heterocycles. The molecule has 0 fully saturated rings. The molecule has 7 heteroatoms. The molecule has 0 saturated heterocycles. The highest BCUT2D eigenvalue weighted by atomic mass is 79.9. The number of fused-ring (bicyclic) bond motifs is 1. The van der Waals surface area contributed by atoms with Gasteiger partial charge in [-0.2, -0.15) is 0 Å². The van der Waals surface area contributed by atoms with Gasteiger partial charge in [-0.15, -0.1) is 0 Å². The topological polar surface area (TPSA) is 62.3 Å². The van der Waals surface area contributed by atoms with E-state index in [1.807, 2.05) is 6.07 Å². The van der Waals surface area contributed by atoms with Gasteiger partial charge in [0, 0.05) is 28.6 Å². The van der Waals surface area contributed by atoms with Gasteiger partial charge in [-0.1, -0.05) is 0 Å². The van der Waals surface area contributed by atoms with Crippen LogP contribution in [0.5, 0.6) is 0 Å². The molecule has 0 aromatic carbocycles. The third-order valence-corrected chi connectivity index (χ3v) is 3.68. The van der Waals surface area contributed by atoms with Crippen molar-refractivity contribution < 1.29 is 8.42 Å². The van der Waals surface area contributed by atoms with Gasteiger partial charge in [-0.05, 0) is 22.0 Å². The fourth-order valence-electron chi connectivity index (χ4n) is 1.38. The number of nitrogens with one attached hydrogen (secondary N) is 1. The maximum atomic E-state index is 11.4. The number of aromatic nitrogens is 1. The molecule has 1 aromatic rings. The molecular weight excluding hydrogens is 294 g/mol. The van der Waals surface area contributed by atoms with Gasteiger partial charge in [0.15, 0.2) is 0 Å². The molecule has 86 valence electrons. The lowest BCUT2D eigenvalue weighted by Crippen LogP contribution is -2.23. The Morgan fingerprint density at radius 2 is 2.31 bits per heavy atom. The van der Waals surface area contributed by atoms with E-state index < -0.39 is 10.0 Å². The van der Waals surface area contributed by atoms with Crippen molar-refractivity contribution in [1.29, 1.82) is 0 Å². The van der Waals surface area contributed by atoms with Crippen LogP contribution in [0.3, 0.4) is 0 Å². The minimum absolute atomic E-state index is 0.282. The Hall–Kier alpha value is -1.08. The van der Waals surface area contributed by atoms with Crippen LogP contribution in [-0.4, -0.2) is 24.0 Å². The summed E-state index contributed by atoms with van der Waals surface area (Å²) in [5, 5.41) is 2.94. The van der Waals surface area contributed by atoms with Crippen LogP contribution in [0.1, 0.15) is 5.56 Å². The highest BCUT2D eigenvalue weighted by Crippen LogP contribution is 2.22. The monoisotopic (exact) mass is 303 g/mol. The number of halogens is 1. The summed E-state index contributed by atoms with van der Waals surface area (Å²) in [7, 11) is -3.24. The molecule has 0 aliphatic carbocycles. The third-order valence-electron chi connectivity index (χ3n) is 2.15. The largest absolute Gasteiger partial charge is 0.345 e. The van der Waals surface area contributed by atoms with Crippen molar-refractivity contribution in [1.82, 2.24) is 9.29 Å². The molecule has 2 heterocycles. The molecule has 2 rings (SSSR count). The van der Waals surface area contributed by atoms with Crippen molar-refractivity contribution in [3.05, 3.63) is 34.7 Å². The molecule has 0 saturated carbocycles. The van der Waals surface area contributed by atoms with E-state index >= 15 is 0 Å². The van der Waals surface area contributed by atoms with Crippen LogP contribution in [-0.2, 0) is 16.6 Å². The lowest BCUT2D eigenvalue weighted by molar-refractivity contribution is 0.503. The SMILES string of the molecule is CS(=O)(=O)N1C=CNc2ncc(Br)cc2C1. The summed E-state index contributed by atoms with van der Waals surface area (Å²) in [5.74, 6) is 0.672. The van der Waals surface area contributed by atoms with Crippen LogP contribution in [0.4, 0.5) is 5.82 Å². The van der Waals surface area contributed by atoms with E-state index in [0.717, 1.165) is 10.0 Å². The second-order valence-corrected chi connectivity index (χ2v) is 6.28. The van der Waals surface area contributed by atoms with E-state index in [4.69, 9.17) is 0 Å². The maximum absolute atomic E-state index is 11.4. The van der Waals surface area contributed by atoms with Crippen molar-refractivity contribution in [3.63, 3.8) is 0 Å². The molecule has 0 bridgehead atoms. The zero-order valence-electron chi connectivity index (χ0n) is 8.51. The number of hydrogen-bond donors (Lipinski definition) is 1. The highest BCUT2D eigenvalue weighted by molar-refractivity contribution is 9.10. The second kappa shape index (κ2) is 4.06. The first-order valence-corrected chi connectivity index (χ1v) is 7.15. The Morgan fingerprint density at radius 1 is 1.56 bits per heavy atom. The fraction of sp³-hybridized carbons (Fsp3) is 0.222. The molecule has 1 aliphatic rings.